The third-order valence-electron chi connectivity index (χ3n) is 14.1. The number of esters is 3. The summed E-state index contributed by atoms with van der Waals surface area (Å²) >= 11 is 0. The van der Waals surface area contributed by atoms with Crippen LogP contribution < -0.4 is 0 Å². The minimum atomic E-state index is -0.763. The van der Waals surface area contributed by atoms with Crippen LogP contribution in [0.2, 0.25) is 0 Å². The van der Waals surface area contributed by atoms with E-state index in [1.165, 1.54) is 225 Å². The smallest absolute Gasteiger partial charge is 0.306 e. The van der Waals surface area contributed by atoms with Crippen molar-refractivity contribution in [1.82, 2.24) is 0 Å². The molecule has 0 saturated carbocycles. The van der Waals surface area contributed by atoms with Crippen LogP contribution in [-0.4, -0.2) is 37.2 Å². The molecule has 0 aromatic heterocycles. The summed E-state index contributed by atoms with van der Waals surface area (Å²) in [6.45, 7) is 11.4. The average Bonchev–Trinajstić information content (AvgIpc) is 3.30. The first-order valence-electron chi connectivity index (χ1n) is 29.8. The SMILES string of the molecule is CCCCCCCCCCCCCCCCCC(=O)OC[C@H](COC(=O)CCCCCCCCCCCCCCCCCCCCC(C)CC)OC(=O)CCCCCCCCCCC(C)C. The standard InChI is InChI=1S/C60H116O6/c1-6-8-9-10-11-12-13-14-19-23-26-29-35-40-45-50-58(61)64-53-57(66-60(63)52-47-42-37-32-31-33-38-43-48-55(3)4)54-65-59(62)51-46-41-36-30-27-24-21-18-16-15-17-20-22-25-28-34-39-44-49-56(5)7-2/h55-57H,6-54H2,1-5H3/t56?,57-/m1/s1. The lowest BCUT2D eigenvalue weighted by Crippen LogP contribution is -2.30. The predicted molar refractivity (Wildman–Crippen MR) is 284 cm³/mol. The van der Waals surface area contributed by atoms with E-state index in [0.29, 0.717) is 19.3 Å². The molecule has 0 aliphatic carbocycles. The minimum Gasteiger partial charge on any atom is -0.462 e. The first-order chi connectivity index (χ1) is 32.3. The third kappa shape index (κ3) is 51.8. The van der Waals surface area contributed by atoms with Gasteiger partial charge in [-0.05, 0) is 31.1 Å². The maximum atomic E-state index is 12.8. The lowest BCUT2D eigenvalue weighted by Gasteiger charge is -2.18. The van der Waals surface area contributed by atoms with Crippen LogP contribution in [0.4, 0.5) is 0 Å². The fourth-order valence-corrected chi connectivity index (χ4v) is 9.20. The van der Waals surface area contributed by atoms with E-state index < -0.39 is 6.10 Å². The molecule has 66 heavy (non-hydrogen) atoms. The molecular weight excluding hydrogens is 817 g/mol. The van der Waals surface area contributed by atoms with Gasteiger partial charge in [-0.1, -0.05) is 298 Å². The highest BCUT2D eigenvalue weighted by Gasteiger charge is 2.19. The Kier molecular flexibility index (Phi) is 51.5. The molecule has 0 aromatic rings. The van der Waals surface area contributed by atoms with Crippen molar-refractivity contribution in [2.24, 2.45) is 11.8 Å². The molecule has 0 spiro atoms. The van der Waals surface area contributed by atoms with E-state index in [2.05, 4.69) is 34.6 Å². The maximum Gasteiger partial charge on any atom is 0.306 e. The summed E-state index contributed by atoms with van der Waals surface area (Å²) in [5.74, 6) is 0.863. The number of hydrogen-bond acceptors (Lipinski definition) is 6. The van der Waals surface area contributed by atoms with E-state index in [4.69, 9.17) is 14.2 Å². The van der Waals surface area contributed by atoms with Crippen LogP contribution >= 0.6 is 0 Å². The van der Waals surface area contributed by atoms with Gasteiger partial charge in [-0.25, -0.2) is 0 Å². The van der Waals surface area contributed by atoms with Crippen LogP contribution in [0.3, 0.4) is 0 Å². The summed E-state index contributed by atoms with van der Waals surface area (Å²) in [5, 5.41) is 0. The molecule has 6 heteroatoms. The van der Waals surface area contributed by atoms with Crippen molar-refractivity contribution in [3.05, 3.63) is 0 Å². The van der Waals surface area contributed by atoms with Crippen LogP contribution in [0.1, 0.15) is 336 Å². The molecule has 0 saturated heterocycles. The molecule has 1 unspecified atom stereocenters. The van der Waals surface area contributed by atoms with Gasteiger partial charge in [0.1, 0.15) is 13.2 Å². The van der Waals surface area contributed by atoms with Gasteiger partial charge in [-0.15, -0.1) is 0 Å². The monoisotopic (exact) mass is 933 g/mol. The summed E-state index contributed by atoms with van der Waals surface area (Å²) in [7, 11) is 0. The average molecular weight is 934 g/mol. The zero-order chi connectivity index (χ0) is 48.2. The second-order valence-electron chi connectivity index (χ2n) is 21.4. The number of ether oxygens (including phenoxy) is 3. The normalized spacial score (nSPS) is 12.5. The second kappa shape index (κ2) is 52.8. The molecule has 0 radical (unpaired) electrons. The van der Waals surface area contributed by atoms with Crippen LogP contribution in [0, 0.1) is 11.8 Å². The van der Waals surface area contributed by atoms with Gasteiger partial charge in [0, 0.05) is 19.3 Å². The Bertz CT molecular complexity index is 1010. The fourth-order valence-electron chi connectivity index (χ4n) is 9.20. The van der Waals surface area contributed by atoms with E-state index in [1.54, 1.807) is 0 Å². The molecule has 2 atom stereocenters. The van der Waals surface area contributed by atoms with Gasteiger partial charge in [-0.2, -0.15) is 0 Å². The summed E-state index contributed by atoms with van der Waals surface area (Å²) in [4.78, 5) is 38.1. The summed E-state index contributed by atoms with van der Waals surface area (Å²) in [6.07, 6.45) is 56.7. The second-order valence-corrected chi connectivity index (χ2v) is 21.4. The number of unbranched alkanes of at least 4 members (excludes halogenated alkanes) is 38. The summed E-state index contributed by atoms with van der Waals surface area (Å²) in [6, 6.07) is 0. The maximum absolute atomic E-state index is 12.8. The molecule has 0 rings (SSSR count). The van der Waals surface area contributed by atoms with Crippen molar-refractivity contribution in [3.63, 3.8) is 0 Å². The Hall–Kier alpha value is -1.59. The van der Waals surface area contributed by atoms with Gasteiger partial charge in [-0.3, -0.25) is 14.4 Å². The Morgan fingerprint density at radius 3 is 0.864 bits per heavy atom. The molecular formula is C60H116O6. The highest BCUT2D eigenvalue weighted by molar-refractivity contribution is 5.71. The highest BCUT2D eigenvalue weighted by Crippen LogP contribution is 2.19. The Labute approximate surface area is 412 Å². The number of rotatable bonds is 54. The zero-order valence-corrected chi connectivity index (χ0v) is 45.3. The van der Waals surface area contributed by atoms with Crippen LogP contribution in [0.15, 0.2) is 0 Å². The Balaban J connectivity index is 4.20. The summed E-state index contributed by atoms with van der Waals surface area (Å²) < 4.78 is 16.9. The van der Waals surface area contributed by atoms with Crippen molar-refractivity contribution in [2.45, 2.75) is 343 Å². The quantitative estimate of drug-likeness (QED) is 0.0343. The molecule has 0 fully saturated rings. The predicted octanol–water partition coefficient (Wildman–Crippen LogP) is 19.7. The van der Waals surface area contributed by atoms with Crippen LogP contribution in [0.25, 0.3) is 0 Å². The molecule has 0 aliphatic rings. The molecule has 0 heterocycles. The first-order valence-corrected chi connectivity index (χ1v) is 29.8. The van der Waals surface area contributed by atoms with Crippen molar-refractivity contribution in [1.29, 1.82) is 0 Å². The van der Waals surface area contributed by atoms with Crippen molar-refractivity contribution in [2.75, 3.05) is 13.2 Å². The van der Waals surface area contributed by atoms with E-state index in [-0.39, 0.29) is 31.1 Å². The van der Waals surface area contributed by atoms with E-state index in [9.17, 15) is 14.4 Å². The lowest BCUT2D eigenvalue weighted by atomic mass is 9.99. The Morgan fingerprint density at radius 1 is 0.318 bits per heavy atom. The van der Waals surface area contributed by atoms with Gasteiger partial charge in [0.15, 0.2) is 6.10 Å². The molecule has 0 aromatic carbocycles. The van der Waals surface area contributed by atoms with Crippen molar-refractivity contribution in [3.8, 4) is 0 Å². The van der Waals surface area contributed by atoms with Gasteiger partial charge >= 0.3 is 17.9 Å². The largest absolute Gasteiger partial charge is 0.462 e. The molecule has 0 N–H and O–H groups in total. The Morgan fingerprint density at radius 2 is 0.576 bits per heavy atom. The number of hydrogen-bond donors (Lipinski definition) is 0. The summed E-state index contributed by atoms with van der Waals surface area (Å²) in [5.41, 5.74) is 0. The molecule has 6 nitrogen and oxygen atoms in total. The van der Waals surface area contributed by atoms with Crippen LogP contribution in [-0.2, 0) is 28.6 Å². The molecule has 392 valence electrons. The lowest BCUT2D eigenvalue weighted by molar-refractivity contribution is -0.167. The highest BCUT2D eigenvalue weighted by atomic mass is 16.6. The van der Waals surface area contributed by atoms with Crippen LogP contribution in [0.5, 0.6) is 0 Å². The van der Waals surface area contributed by atoms with Gasteiger partial charge < -0.3 is 14.2 Å². The zero-order valence-electron chi connectivity index (χ0n) is 45.3. The minimum absolute atomic E-state index is 0.0631. The van der Waals surface area contributed by atoms with Gasteiger partial charge in [0.2, 0.25) is 0 Å². The van der Waals surface area contributed by atoms with E-state index in [0.717, 1.165) is 69.6 Å². The van der Waals surface area contributed by atoms with E-state index in [1.807, 2.05) is 0 Å². The molecule has 0 amide bonds. The van der Waals surface area contributed by atoms with Crippen molar-refractivity contribution < 1.29 is 28.6 Å². The third-order valence-corrected chi connectivity index (χ3v) is 14.1. The fraction of sp³-hybridized carbons (Fsp3) is 0.950. The van der Waals surface area contributed by atoms with Gasteiger partial charge in [0.25, 0.3) is 0 Å². The molecule has 0 bridgehead atoms. The molecule has 0 aliphatic heterocycles. The first kappa shape index (κ1) is 64.4. The number of carbonyl (C=O) groups excluding carboxylic acids is 3. The number of carbonyl (C=O) groups is 3. The van der Waals surface area contributed by atoms with Crippen molar-refractivity contribution >= 4 is 17.9 Å². The van der Waals surface area contributed by atoms with Gasteiger partial charge in [0.05, 0.1) is 0 Å². The van der Waals surface area contributed by atoms with E-state index >= 15 is 0 Å². The topological polar surface area (TPSA) is 78.9 Å².